The van der Waals surface area contributed by atoms with E-state index in [1.54, 1.807) is 0 Å². The lowest BCUT2D eigenvalue weighted by molar-refractivity contribution is -0.137. The fourth-order valence-electron chi connectivity index (χ4n) is 1.59. The molecule has 1 N–H and O–H groups in total. The van der Waals surface area contributed by atoms with Crippen LogP contribution in [0.1, 0.15) is 11.1 Å². The van der Waals surface area contributed by atoms with Crippen molar-refractivity contribution >= 4 is 11.8 Å². The van der Waals surface area contributed by atoms with Crippen LogP contribution >= 0.6 is 11.8 Å². The Morgan fingerprint density at radius 1 is 1.00 bits per heavy atom. The number of rotatable bonds is 3. The highest BCUT2D eigenvalue weighted by molar-refractivity contribution is 7.99. The molecule has 0 heterocycles. The summed E-state index contributed by atoms with van der Waals surface area (Å²) in [7, 11) is 0. The van der Waals surface area contributed by atoms with Gasteiger partial charge >= 0.3 is 6.18 Å². The van der Waals surface area contributed by atoms with Gasteiger partial charge in [0.2, 0.25) is 0 Å². The summed E-state index contributed by atoms with van der Waals surface area (Å²) in [6, 6.07) is 12.7. The first-order chi connectivity index (χ1) is 9.00. The molecule has 2 aromatic rings. The third-order valence-corrected chi connectivity index (χ3v) is 3.66. The number of alkyl halides is 3. The first-order valence-electron chi connectivity index (χ1n) is 5.54. The van der Waals surface area contributed by atoms with Gasteiger partial charge in [-0.2, -0.15) is 13.2 Å². The first-order valence-corrected chi connectivity index (χ1v) is 6.36. The van der Waals surface area contributed by atoms with Crippen LogP contribution in [0.25, 0.3) is 0 Å². The molecule has 2 aromatic carbocycles. The van der Waals surface area contributed by atoms with E-state index in [-0.39, 0.29) is 5.56 Å². The Labute approximate surface area is 113 Å². The van der Waals surface area contributed by atoms with Crippen molar-refractivity contribution in [3.05, 3.63) is 59.7 Å². The van der Waals surface area contributed by atoms with Crippen LogP contribution in [0.5, 0.6) is 0 Å². The molecule has 0 radical (unpaired) electrons. The Bertz CT molecular complexity index is 552. The van der Waals surface area contributed by atoms with Gasteiger partial charge in [-0.15, -0.1) is 0 Å². The third-order valence-electron chi connectivity index (χ3n) is 2.53. The van der Waals surface area contributed by atoms with Crippen molar-refractivity contribution in [2.24, 2.45) is 0 Å². The molecule has 100 valence electrons. The summed E-state index contributed by atoms with van der Waals surface area (Å²) in [6.07, 6.45) is -4.39. The fraction of sp³-hybridized carbons (Fsp3) is 0.143. The lowest BCUT2D eigenvalue weighted by Crippen LogP contribution is -2.06. The van der Waals surface area contributed by atoms with Gasteiger partial charge in [0.1, 0.15) is 0 Å². The van der Waals surface area contributed by atoms with Gasteiger partial charge in [-0.05, 0) is 35.9 Å². The van der Waals surface area contributed by atoms with Crippen LogP contribution in [-0.2, 0) is 12.8 Å². The van der Waals surface area contributed by atoms with Crippen LogP contribution in [0.3, 0.4) is 0 Å². The summed E-state index contributed by atoms with van der Waals surface area (Å²) >= 11 is 1.33. The van der Waals surface area contributed by atoms with Crippen molar-refractivity contribution in [1.82, 2.24) is 0 Å². The maximum atomic E-state index is 12.6. The van der Waals surface area contributed by atoms with Crippen molar-refractivity contribution < 1.29 is 18.3 Å². The smallest absolute Gasteiger partial charge is 0.392 e. The molecule has 0 fully saturated rings. The van der Waals surface area contributed by atoms with E-state index in [1.807, 2.05) is 30.3 Å². The monoisotopic (exact) mass is 284 g/mol. The summed E-state index contributed by atoms with van der Waals surface area (Å²) in [6.45, 7) is -0.418. The average molecular weight is 284 g/mol. The number of hydrogen-bond acceptors (Lipinski definition) is 2. The third kappa shape index (κ3) is 3.52. The van der Waals surface area contributed by atoms with Gasteiger partial charge in [0.15, 0.2) is 0 Å². The van der Waals surface area contributed by atoms with Crippen LogP contribution in [-0.4, -0.2) is 5.11 Å². The predicted molar refractivity (Wildman–Crippen MR) is 67.9 cm³/mol. The molecule has 1 nitrogen and oxygen atoms in total. The number of hydrogen-bond donors (Lipinski definition) is 1. The Morgan fingerprint density at radius 3 is 2.26 bits per heavy atom. The Balaban J connectivity index is 2.32. The van der Waals surface area contributed by atoms with E-state index < -0.39 is 18.3 Å². The highest BCUT2D eigenvalue weighted by Gasteiger charge is 2.30. The molecule has 0 aliphatic heterocycles. The number of aliphatic hydroxyl groups is 1. The van der Waals surface area contributed by atoms with Gasteiger partial charge in [0.25, 0.3) is 0 Å². The molecule has 0 spiro atoms. The molecular formula is C14H11F3OS. The molecular weight excluding hydrogens is 273 g/mol. The van der Waals surface area contributed by atoms with Gasteiger partial charge in [-0.3, -0.25) is 0 Å². The van der Waals surface area contributed by atoms with E-state index in [0.717, 1.165) is 17.0 Å². The van der Waals surface area contributed by atoms with Crippen LogP contribution in [0.4, 0.5) is 13.2 Å². The SMILES string of the molecule is OCc1cc(C(F)(F)F)ccc1Sc1ccccc1. The molecule has 0 saturated carbocycles. The van der Waals surface area contributed by atoms with E-state index in [0.29, 0.717) is 4.90 Å². The summed E-state index contributed by atoms with van der Waals surface area (Å²) in [5.41, 5.74) is -0.461. The average Bonchev–Trinajstić information content (AvgIpc) is 2.39. The second-order valence-corrected chi connectivity index (χ2v) is 5.01. The summed E-state index contributed by atoms with van der Waals surface area (Å²) in [4.78, 5) is 1.54. The number of aliphatic hydroxyl groups excluding tert-OH is 1. The topological polar surface area (TPSA) is 20.2 Å². The fourth-order valence-corrected chi connectivity index (χ4v) is 2.53. The molecule has 0 atom stereocenters. The zero-order valence-corrected chi connectivity index (χ0v) is 10.6. The molecule has 0 bridgehead atoms. The van der Waals surface area contributed by atoms with E-state index in [2.05, 4.69) is 0 Å². The normalized spacial score (nSPS) is 11.6. The van der Waals surface area contributed by atoms with Crippen molar-refractivity contribution in [3.63, 3.8) is 0 Å². The molecule has 0 aromatic heterocycles. The largest absolute Gasteiger partial charge is 0.416 e. The molecule has 0 aliphatic carbocycles. The molecule has 0 saturated heterocycles. The molecule has 5 heteroatoms. The summed E-state index contributed by atoms with van der Waals surface area (Å²) in [5, 5.41) is 9.21. The molecule has 19 heavy (non-hydrogen) atoms. The maximum absolute atomic E-state index is 12.6. The van der Waals surface area contributed by atoms with Crippen molar-refractivity contribution in [2.45, 2.75) is 22.6 Å². The number of benzene rings is 2. The predicted octanol–water partition coefficient (Wildman–Crippen LogP) is 4.35. The van der Waals surface area contributed by atoms with Gasteiger partial charge in [-0.1, -0.05) is 30.0 Å². The minimum Gasteiger partial charge on any atom is -0.392 e. The lowest BCUT2D eigenvalue weighted by Gasteiger charge is -2.11. The minimum atomic E-state index is -4.39. The second-order valence-electron chi connectivity index (χ2n) is 3.89. The van der Waals surface area contributed by atoms with Crippen molar-refractivity contribution in [3.8, 4) is 0 Å². The van der Waals surface area contributed by atoms with E-state index in [9.17, 15) is 18.3 Å². The Hall–Kier alpha value is -1.46. The van der Waals surface area contributed by atoms with Crippen LogP contribution < -0.4 is 0 Å². The van der Waals surface area contributed by atoms with Gasteiger partial charge < -0.3 is 5.11 Å². The van der Waals surface area contributed by atoms with E-state index >= 15 is 0 Å². The highest BCUT2D eigenvalue weighted by atomic mass is 32.2. The molecule has 2 rings (SSSR count). The van der Waals surface area contributed by atoms with Gasteiger partial charge in [0, 0.05) is 9.79 Å². The molecule has 0 amide bonds. The standard InChI is InChI=1S/C14H11F3OS/c15-14(16,17)11-6-7-13(10(8-11)9-18)19-12-4-2-1-3-5-12/h1-8,18H,9H2. The number of halogens is 3. The first kappa shape index (κ1) is 14.0. The Morgan fingerprint density at radius 2 is 1.68 bits per heavy atom. The Kier molecular flexibility index (Phi) is 4.17. The van der Waals surface area contributed by atoms with Crippen molar-refractivity contribution in [2.75, 3.05) is 0 Å². The van der Waals surface area contributed by atoms with Crippen LogP contribution in [0.15, 0.2) is 58.3 Å². The van der Waals surface area contributed by atoms with Crippen LogP contribution in [0, 0.1) is 0 Å². The lowest BCUT2D eigenvalue weighted by atomic mass is 10.1. The van der Waals surface area contributed by atoms with Crippen molar-refractivity contribution in [1.29, 1.82) is 0 Å². The van der Waals surface area contributed by atoms with E-state index in [4.69, 9.17) is 0 Å². The highest BCUT2D eigenvalue weighted by Crippen LogP contribution is 2.35. The summed E-state index contributed by atoms with van der Waals surface area (Å²) < 4.78 is 37.7. The van der Waals surface area contributed by atoms with E-state index in [1.165, 1.54) is 17.8 Å². The summed E-state index contributed by atoms with van der Waals surface area (Å²) in [5.74, 6) is 0. The molecule has 0 aliphatic rings. The minimum absolute atomic E-state index is 0.281. The zero-order valence-electron chi connectivity index (χ0n) is 9.82. The van der Waals surface area contributed by atoms with Gasteiger partial charge in [0.05, 0.1) is 12.2 Å². The maximum Gasteiger partial charge on any atom is 0.416 e. The van der Waals surface area contributed by atoms with Crippen LogP contribution in [0.2, 0.25) is 0 Å². The zero-order chi connectivity index (χ0) is 13.9. The molecule has 0 unspecified atom stereocenters. The second kappa shape index (κ2) is 5.67. The quantitative estimate of drug-likeness (QED) is 0.904. The van der Waals surface area contributed by atoms with Gasteiger partial charge in [-0.25, -0.2) is 0 Å².